The van der Waals surface area contributed by atoms with Crippen molar-refractivity contribution in [3.05, 3.63) is 78.4 Å². The summed E-state index contributed by atoms with van der Waals surface area (Å²) in [5.74, 6) is -2.27. The van der Waals surface area contributed by atoms with Crippen LogP contribution in [0.3, 0.4) is 0 Å². The number of carbonyl (C=O) groups is 3. The third-order valence-corrected chi connectivity index (χ3v) is 5.55. The van der Waals surface area contributed by atoms with Gasteiger partial charge in [0.05, 0.1) is 4.90 Å². The lowest BCUT2D eigenvalue weighted by molar-refractivity contribution is -0.147. The smallest absolute Gasteiger partial charge is 0.321 e. The van der Waals surface area contributed by atoms with E-state index >= 15 is 0 Å². The fraction of sp³-hybridized carbons (Fsp3) is 0.0952. The van der Waals surface area contributed by atoms with Crippen molar-refractivity contribution in [2.45, 2.75) is 4.90 Å². The summed E-state index contributed by atoms with van der Waals surface area (Å²) in [7, 11) is -3.95. The van der Waals surface area contributed by atoms with Crippen molar-refractivity contribution in [2.24, 2.45) is 0 Å². The van der Waals surface area contributed by atoms with E-state index in [0.29, 0.717) is 5.56 Å². The van der Waals surface area contributed by atoms with Gasteiger partial charge in [-0.3, -0.25) is 25.2 Å². The maximum atomic E-state index is 12.4. The Morgan fingerprint density at radius 1 is 0.806 bits per heavy atom. The maximum Gasteiger partial charge on any atom is 0.321 e. The zero-order chi connectivity index (χ0) is 22.3. The largest absolute Gasteiger partial charge is 0.455 e. The van der Waals surface area contributed by atoms with Crippen LogP contribution in [-0.4, -0.2) is 39.4 Å². The number of rotatable bonds is 7. The van der Waals surface area contributed by atoms with E-state index in [2.05, 4.69) is 15.6 Å². The van der Waals surface area contributed by atoms with Crippen molar-refractivity contribution in [1.29, 1.82) is 0 Å². The molecule has 0 unspecified atom stereocenters. The summed E-state index contributed by atoms with van der Waals surface area (Å²) in [6.45, 7) is -1.34. The van der Waals surface area contributed by atoms with E-state index in [9.17, 15) is 22.8 Å². The molecule has 3 rings (SSSR count). The second kappa shape index (κ2) is 9.83. The van der Waals surface area contributed by atoms with E-state index in [1.54, 1.807) is 48.5 Å². The van der Waals surface area contributed by atoms with Crippen molar-refractivity contribution in [3.63, 3.8) is 0 Å². The summed E-state index contributed by atoms with van der Waals surface area (Å²) >= 11 is 0. The van der Waals surface area contributed by atoms with Gasteiger partial charge in [-0.25, -0.2) is 8.42 Å². The first-order valence-electron chi connectivity index (χ1n) is 9.13. The molecule has 0 fully saturated rings. The lowest BCUT2D eigenvalue weighted by atomic mass is 10.1. The highest BCUT2D eigenvalue weighted by Crippen LogP contribution is 2.18. The lowest BCUT2D eigenvalue weighted by Gasteiger charge is -2.09. The normalized spacial score (nSPS) is 11.0. The number of hydrogen-bond donors (Lipinski definition) is 3. The summed E-state index contributed by atoms with van der Waals surface area (Å²) in [5.41, 5.74) is 4.61. The molecule has 0 atom stereocenters. The van der Waals surface area contributed by atoms with Crippen molar-refractivity contribution in [2.75, 3.05) is 13.2 Å². The molecule has 3 aromatic rings. The highest BCUT2D eigenvalue weighted by molar-refractivity contribution is 7.89. The van der Waals surface area contributed by atoms with Gasteiger partial charge >= 0.3 is 5.97 Å². The number of sulfonamides is 1. The predicted octanol–water partition coefficient (Wildman–Crippen LogP) is 1.12. The summed E-state index contributed by atoms with van der Waals surface area (Å²) < 4.78 is 31.6. The Morgan fingerprint density at radius 2 is 1.48 bits per heavy atom. The van der Waals surface area contributed by atoms with Gasteiger partial charge in [-0.2, -0.15) is 4.72 Å². The van der Waals surface area contributed by atoms with Crippen molar-refractivity contribution < 1.29 is 27.5 Å². The Hall–Kier alpha value is -3.76. The molecule has 0 spiro atoms. The molecule has 9 nitrogen and oxygen atoms in total. The second-order valence-corrected chi connectivity index (χ2v) is 8.13. The topological polar surface area (TPSA) is 131 Å². The number of esters is 1. The molecule has 0 heterocycles. The molecule has 31 heavy (non-hydrogen) atoms. The van der Waals surface area contributed by atoms with Crippen LogP contribution >= 0.6 is 0 Å². The quantitative estimate of drug-likeness (QED) is 0.372. The van der Waals surface area contributed by atoms with Gasteiger partial charge in [-0.1, -0.05) is 48.5 Å². The molecule has 10 heteroatoms. The summed E-state index contributed by atoms with van der Waals surface area (Å²) in [5, 5.41) is 1.62. The number of hydrazine groups is 1. The number of carbonyl (C=O) groups excluding carboxylic acids is 3. The molecule has 0 aliphatic heterocycles. The Balaban J connectivity index is 1.44. The van der Waals surface area contributed by atoms with E-state index in [4.69, 9.17) is 4.74 Å². The molecular formula is C21H19N3O6S. The van der Waals surface area contributed by atoms with Gasteiger partial charge in [0.15, 0.2) is 6.61 Å². The van der Waals surface area contributed by atoms with Crippen LogP contribution in [0.2, 0.25) is 0 Å². The average molecular weight is 441 g/mol. The van der Waals surface area contributed by atoms with E-state index < -0.39 is 41.0 Å². The summed E-state index contributed by atoms with van der Waals surface area (Å²) in [6, 6.07) is 20.0. The van der Waals surface area contributed by atoms with Crippen LogP contribution in [0.1, 0.15) is 10.4 Å². The van der Waals surface area contributed by atoms with E-state index in [0.717, 1.165) is 10.8 Å². The molecule has 3 N–H and O–H groups in total. The Kier molecular flexibility index (Phi) is 6.96. The molecule has 0 saturated carbocycles. The minimum atomic E-state index is -3.95. The lowest BCUT2D eigenvalue weighted by Crippen LogP contribution is -2.44. The first-order valence-corrected chi connectivity index (χ1v) is 10.6. The molecule has 0 bridgehead atoms. The van der Waals surface area contributed by atoms with Gasteiger partial charge in [-0.15, -0.1) is 0 Å². The molecule has 0 aromatic heterocycles. The third kappa shape index (κ3) is 6.11. The molecule has 0 saturated heterocycles. The molecule has 0 aliphatic carbocycles. The maximum absolute atomic E-state index is 12.4. The molecule has 3 aromatic carbocycles. The Bertz CT molecular complexity index is 1210. The van der Waals surface area contributed by atoms with Gasteiger partial charge < -0.3 is 4.74 Å². The third-order valence-electron chi connectivity index (χ3n) is 4.15. The predicted molar refractivity (Wildman–Crippen MR) is 112 cm³/mol. The van der Waals surface area contributed by atoms with Crippen molar-refractivity contribution >= 4 is 38.6 Å². The van der Waals surface area contributed by atoms with Gasteiger partial charge in [-0.05, 0) is 35.0 Å². The zero-order valence-electron chi connectivity index (χ0n) is 16.2. The zero-order valence-corrected chi connectivity index (χ0v) is 17.0. The van der Waals surface area contributed by atoms with Crippen LogP contribution in [0.15, 0.2) is 77.7 Å². The van der Waals surface area contributed by atoms with Crippen LogP contribution in [-0.2, 0) is 24.3 Å². The first-order chi connectivity index (χ1) is 14.8. The summed E-state index contributed by atoms with van der Waals surface area (Å²) in [6.07, 6.45) is 0. The fourth-order valence-electron chi connectivity index (χ4n) is 2.59. The van der Waals surface area contributed by atoms with Crippen LogP contribution in [0.25, 0.3) is 10.8 Å². The number of hydrogen-bond acceptors (Lipinski definition) is 6. The molecule has 2 amide bonds. The molecule has 0 radical (unpaired) electrons. The van der Waals surface area contributed by atoms with Crippen molar-refractivity contribution in [3.8, 4) is 0 Å². The highest BCUT2D eigenvalue weighted by atomic mass is 32.2. The van der Waals surface area contributed by atoms with E-state index in [1.807, 2.05) is 12.1 Å². The van der Waals surface area contributed by atoms with Crippen molar-refractivity contribution in [1.82, 2.24) is 15.6 Å². The summed E-state index contributed by atoms with van der Waals surface area (Å²) in [4.78, 5) is 35.3. The van der Waals surface area contributed by atoms with Crippen LogP contribution in [0, 0.1) is 0 Å². The van der Waals surface area contributed by atoms with E-state index in [-0.39, 0.29) is 4.90 Å². The van der Waals surface area contributed by atoms with Gasteiger partial charge in [0.25, 0.3) is 11.8 Å². The minimum Gasteiger partial charge on any atom is -0.455 e. The van der Waals surface area contributed by atoms with Crippen LogP contribution in [0.4, 0.5) is 0 Å². The molecule has 0 aliphatic rings. The van der Waals surface area contributed by atoms with Gasteiger partial charge in [0.1, 0.15) is 6.54 Å². The standard InChI is InChI=1S/C21H19N3O6S/c25-19(23-24-21(27)16-7-2-1-3-8-16)14-30-20(26)13-22-31(28,29)18-11-10-15-6-4-5-9-17(15)12-18/h1-12,22H,13-14H2,(H,23,25)(H,24,27). The number of benzene rings is 3. The number of fused-ring (bicyclic) bond motifs is 1. The highest BCUT2D eigenvalue weighted by Gasteiger charge is 2.17. The van der Waals surface area contributed by atoms with Crippen LogP contribution < -0.4 is 15.6 Å². The molecular weight excluding hydrogens is 422 g/mol. The average Bonchev–Trinajstić information content (AvgIpc) is 2.80. The Morgan fingerprint density at radius 3 is 2.23 bits per heavy atom. The molecule has 160 valence electrons. The Labute approximate surface area is 178 Å². The van der Waals surface area contributed by atoms with Crippen LogP contribution in [0.5, 0.6) is 0 Å². The fourth-order valence-corrected chi connectivity index (χ4v) is 3.60. The number of nitrogens with one attached hydrogen (secondary N) is 3. The number of ether oxygens (including phenoxy) is 1. The SMILES string of the molecule is O=C(COC(=O)CNS(=O)(=O)c1ccc2ccccc2c1)NNC(=O)c1ccccc1. The van der Waals surface area contributed by atoms with E-state index in [1.165, 1.54) is 12.1 Å². The monoisotopic (exact) mass is 441 g/mol. The van der Waals surface area contributed by atoms with Gasteiger partial charge in [0.2, 0.25) is 10.0 Å². The van der Waals surface area contributed by atoms with Gasteiger partial charge in [0, 0.05) is 5.56 Å². The second-order valence-electron chi connectivity index (χ2n) is 6.36. The number of amides is 2. The minimum absolute atomic E-state index is 0.000340. The first kappa shape index (κ1) is 21.9.